The van der Waals surface area contributed by atoms with Crippen LogP contribution in [0.3, 0.4) is 0 Å². The monoisotopic (exact) mass is 281 g/mol. The first-order valence-corrected chi connectivity index (χ1v) is 7.97. The third-order valence-electron chi connectivity index (χ3n) is 3.41. The first-order valence-electron chi connectivity index (χ1n) is 7.59. The molecule has 0 bridgehead atoms. The highest BCUT2D eigenvalue weighted by molar-refractivity contribution is 6.30. The normalized spacial score (nSPS) is 12.9. The van der Waals surface area contributed by atoms with Crippen LogP contribution in [0.25, 0.3) is 0 Å². The maximum Gasteiger partial charge on any atom is 0.0406 e. The molecule has 0 aromatic heterocycles. The van der Waals surface area contributed by atoms with E-state index in [0.717, 1.165) is 23.9 Å². The van der Waals surface area contributed by atoms with Crippen LogP contribution in [0.1, 0.15) is 52.0 Å². The standard InChI is InChI=1S/C17H28ClN/c1-4-12-19-17(7-5-6-14(2)3)13-15-8-10-16(18)11-9-15/h8-11,14,17,19H,4-7,12-13H2,1-3H3. The Hall–Kier alpha value is -0.530. The van der Waals surface area contributed by atoms with Gasteiger partial charge in [0.15, 0.2) is 0 Å². The van der Waals surface area contributed by atoms with E-state index in [9.17, 15) is 0 Å². The van der Waals surface area contributed by atoms with Crippen LogP contribution in [0, 0.1) is 5.92 Å². The van der Waals surface area contributed by atoms with Gasteiger partial charge in [-0.3, -0.25) is 0 Å². The highest BCUT2D eigenvalue weighted by atomic mass is 35.5. The van der Waals surface area contributed by atoms with Crippen molar-refractivity contribution in [3.05, 3.63) is 34.9 Å². The van der Waals surface area contributed by atoms with Crippen LogP contribution in [0.4, 0.5) is 0 Å². The molecule has 0 aliphatic rings. The van der Waals surface area contributed by atoms with Crippen molar-refractivity contribution in [1.29, 1.82) is 0 Å². The van der Waals surface area contributed by atoms with Crippen LogP contribution >= 0.6 is 11.6 Å². The molecule has 0 spiro atoms. The topological polar surface area (TPSA) is 12.0 Å². The van der Waals surface area contributed by atoms with Crippen molar-refractivity contribution in [2.24, 2.45) is 5.92 Å². The molecule has 1 unspecified atom stereocenters. The van der Waals surface area contributed by atoms with Gasteiger partial charge in [0.25, 0.3) is 0 Å². The Bertz CT molecular complexity index is 332. The Morgan fingerprint density at radius 3 is 2.37 bits per heavy atom. The van der Waals surface area contributed by atoms with E-state index in [2.05, 4.69) is 38.2 Å². The van der Waals surface area contributed by atoms with Crippen molar-refractivity contribution in [2.75, 3.05) is 6.54 Å². The Labute approximate surface area is 123 Å². The molecule has 0 saturated heterocycles. The minimum Gasteiger partial charge on any atom is -0.314 e. The van der Waals surface area contributed by atoms with Gasteiger partial charge in [-0.1, -0.05) is 57.3 Å². The second-order valence-electron chi connectivity index (χ2n) is 5.81. The molecule has 1 N–H and O–H groups in total. The van der Waals surface area contributed by atoms with Gasteiger partial charge in [-0.15, -0.1) is 0 Å². The second kappa shape index (κ2) is 9.39. The summed E-state index contributed by atoms with van der Waals surface area (Å²) in [6.45, 7) is 7.93. The highest BCUT2D eigenvalue weighted by Crippen LogP contribution is 2.15. The zero-order chi connectivity index (χ0) is 14.1. The van der Waals surface area contributed by atoms with E-state index >= 15 is 0 Å². The van der Waals surface area contributed by atoms with Gasteiger partial charge in [-0.2, -0.15) is 0 Å². The smallest absolute Gasteiger partial charge is 0.0406 e. The lowest BCUT2D eigenvalue weighted by Gasteiger charge is -2.19. The summed E-state index contributed by atoms with van der Waals surface area (Å²) >= 11 is 5.93. The Balaban J connectivity index is 2.45. The third-order valence-corrected chi connectivity index (χ3v) is 3.66. The fourth-order valence-corrected chi connectivity index (χ4v) is 2.43. The molecule has 108 valence electrons. The zero-order valence-electron chi connectivity index (χ0n) is 12.6. The number of halogens is 1. The number of nitrogens with one attached hydrogen (secondary N) is 1. The summed E-state index contributed by atoms with van der Waals surface area (Å²) in [5, 5.41) is 4.49. The summed E-state index contributed by atoms with van der Waals surface area (Å²) in [6.07, 6.45) is 6.20. The summed E-state index contributed by atoms with van der Waals surface area (Å²) in [6, 6.07) is 8.86. The molecule has 1 aromatic rings. The summed E-state index contributed by atoms with van der Waals surface area (Å²) in [7, 11) is 0. The molecule has 0 amide bonds. The number of rotatable bonds is 9. The van der Waals surface area contributed by atoms with E-state index in [0.29, 0.717) is 6.04 Å². The summed E-state index contributed by atoms with van der Waals surface area (Å²) in [5.41, 5.74) is 1.38. The van der Waals surface area contributed by atoms with Crippen LogP contribution in [0.15, 0.2) is 24.3 Å². The van der Waals surface area contributed by atoms with Crippen molar-refractivity contribution in [3.63, 3.8) is 0 Å². The molecule has 0 aliphatic heterocycles. The minimum atomic E-state index is 0.597. The molecule has 0 saturated carbocycles. The first kappa shape index (κ1) is 16.5. The second-order valence-corrected chi connectivity index (χ2v) is 6.24. The van der Waals surface area contributed by atoms with Crippen LogP contribution in [0.2, 0.25) is 5.02 Å². The predicted octanol–water partition coefficient (Wildman–Crippen LogP) is 5.08. The first-order chi connectivity index (χ1) is 9.11. The Morgan fingerprint density at radius 2 is 1.79 bits per heavy atom. The van der Waals surface area contributed by atoms with Crippen molar-refractivity contribution < 1.29 is 0 Å². The largest absolute Gasteiger partial charge is 0.314 e. The van der Waals surface area contributed by atoms with E-state index < -0.39 is 0 Å². The van der Waals surface area contributed by atoms with Crippen molar-refractivity contribution in [2.45, 2.75) is 58.9 Å². The average molecular weight is 282 g/mol. The molecule has 1 atom stereocenters. The lowest BCUT2D eigenvalue weighted by Crippen LogP contribution is -2.31. The SMILES string of the molecule is CCCNC(CCCC(C)C)Cc1ccc(Cl)cc1. The van der Waals surface area contributed by atoms with Crippen LogP contribution in [-0.4, -0.2) is 12.6 Å². The molecule has 0 aliphatic carbocycles. The van der Waals surface area contributed by atoms with Crippen LogP contribution in [-0.2, 0) is 6.42 Å². The highest BCUT2D eigenvalue weighted by Gasteiger charge is 2.09. The molecule has 0 radical (unpaired) electrons. The quantitative estimate of drug-likeness (QED) is 0.666. The fourth-order valence-electron chi connectivity index (χ4n) is 2.30. The maximum absolute atomic E-state index is 5.93. The van der Waals surface area contributed by atoms with Crippen LogP contribution in [0.5, 0.6) is 0 Å². The van der Waals surface area contributed by atoms with Gasteiger partial charge in [0.05, 0.1) is 0 Å². The van der Waals surface area contributed by atoms with Gasteiger partial charge in [0.2, 0.25) is 0 Å². The molecule has 2 heteroatoms. The molecule has 1 rings (SSSR count). The van der Waals surface area contributed by atoms with E-state index in [1.807, 2.05) is 12.1 Å². The van der Waals surface area contributed by atoms with Gasteiger partial charge in [0.1, 0.15) is 0 Å². The van der Waals surface area contributed by atoms with Crippen LogP contribution < -0.4 is 5.32 Å². The molecule has 0 heterocycles. The Kier molecular flexibility index (Phi) is 8.16. The summed E-state index contributed by atoms with van der Waals surface area (Å²) in [5.74, 6) is 0.808. The van der Waals surface area contributed by atoms with Gasteiger partial charge in [-0.05, 0) is 49.4 Å². The summed E-state index contributed by atoms with van der Waals surface area (Å²) < 4.78 is 0. The van der Waals surface area contributed by atoms with Crippen molar-refractivity contribution >= 4 is 11.6 Å². The van der Waals surface area contributed by atoms with E-state index in [1.165, 1.54) is 31.2 Å². The van der Waals surface area contributed by atoms with Crippen molar-refractivity contribution in [3.8, 4) is 0 Å². The maximum atomic E-state index is 5.93. The van der Waals surface area contributed by atoms with Gasteiger partial charge < -0.3 is 5.32 Å². The molecule has 1 nitrogen and oxygen atoms in total. The molecular weight excluding hydrogens is 254 g/mol. The lowest BCUT2D eigenvalue weighted by molar-refractivity contribution is 0.434. The average Bonchev–Trinajstić information content (AvgIpc) is 2.38. The number of benzene rings is 1. The molecular formula is C17H28ClN. The summed E-state index contributed by atoms with van der Waals surface area (Å²) in [4.78, 5) is 0. The number of hydrogen-bond donors (Lipinski definition) is 1. The molecule has 0 fully saturated rings. The molecule has 19 heavy (non-hydrogen) atoms. The lowest BCUT2D eigenvalue weighted by atomic mass is 9.98. The van der Waals surface area contributed by atoms with E-state index in [4.69, 9.17) is 11.6 Å². The zero-order valence-corrected chi connectivity index (χ0v) is 13.3. The van der Waals surface area contributed by atoms with Gasteiger partial charge >= 0.3 is 0 Å². The fraction of sp³-hybridized carbons (Fsp3) is 0.647. The van der Waals surface area contributed by atoms with Gasteiger partial charge in [0, 0.05) is 11.1 Å². The number of hydrogen-bond acceptors (Lipinski definition) is 1. The van der Waals surface area contributed by atoms with E-state index in [1.54, 1.807) is 0 Å². The third kappa shape index (κ3) is 7.59. The Morgan fingerprint density at radius 1 is 1.11 bits per heavy atom. The van der Waals surface area contributed by atoms with Crippen molar-refractivity contribution in [1.82, 2.24) is 5.32 Å². The predicted molar refractivity (Wildman–Crippen MR) is 85.9 cm³/mol. The minimum absolute atomic E-state index is 0.597. The van der Waals surface area contributed by atoms with E-state index in [-0.39, 0.29) is 0 Å². The van der Waals surface area contributed by atoms with Gasteiger partial charge in [-0.25, -0.2) is 0 Å². The molecule has 1 aromatic carbocycles.